The highest BCUT2D eigenvalue weighted by molar-refractivity contribution is 6.30. The Morgan fingerprint density at radius 3 is 2.75 bits per heavy atom. The van der Waals surface area contributed by atoms with Gasteiger partial charge >= 0.3 is 0 Å². The minimum atomic E-state index is -0.555. The summed E-state index contributed by atoms with van der Waals surface area (Å²) in [7, 11) is 1.63. The molecular formula is C24H23ClFN7O3. The lowest BCUT2D eigenvalue weighted by molar-refractivity contribution is -0.0288. The Kier molecular flexibility index (Phi) is 5.70. The molecule has 2 saturated heterocycles. The number of halogens is 2. The Labute approximate surface area is 210 Å². The minimum Gasteiger partial charge on any atom is -0.377 e. The van der Waals surface area contributed by atoms with Crippen molar-refractivity contribution >= 4 is 28.6 Å². The first-order valence-electron chi connectivity index (χ1n) is 11.6. The van der Waals surface area contributed by atoms with Gasteiger partial charge in [-0.2, -0.15) is 5.10 Å². The van der Waals surface area contributed by atoms with Crippen LogP contribution in [0, 0.1) is 12.7 Å². The number of hydrogen-bond donors (Lipinski definition) is 0. The van der Waals surface area contributed by atoms with E-state index in [-0.39, 0.29) is 45.0 Å². The summed E-state index contributed by atoms with van der Waals surface area (Å²) in [5, 5.41) is 4.72. The Morgan fingerprint density at radius 1 is 1.17 bits per heavy atom. The van der Waals surface area contributed by atoms with E-state index < -0.39 is 5.82 Å². The molecule has 1 aromatic carbocycles. The summed E-state index contributed by atoms with van der Waals surface area (Å²) in [4.78, 5) is 28.9. The van der Waals surface area contributed by atoms with Crippen LogP contribution in [0.2, 0.25) is 5.02 Å². The van der Waals surface area contributed by atoms with Crippen molar-refractivity contribution in [2.75, 3.05) is 37.8 Å². The zero-order chi connectivity index (χ0) is 25.0. The molecule has 3 aromatic heterocycles. The predicted molar refractivity (Wildman–Crippen MR) is 131 cm³/mol. The third-order valence-corrected chi connectivity index (χ3v) is 6.90. The highest BCUT2D eigenvalue weighted by Crippen LogP contribution is 2.31. The maximum absolute atomic E-state index is 15.0. The van der Waals surface area contributed by atoms with Crippen LogP contribution in [0.5, 0.6) is 0 Å². The molecular weight excluding hydrogens is 489 g/mol. The molecule has 1 atom stereocenters. The van der Waals surface area contributed by atoms with E-state index >= 15 is 0 Å². The molecule has 1 unspecified atom stereocenters. The first-order valence-corrected chi connectivity index (χ1v) is 12.0. The number of fused-ring (bicyclic) bond motifs is 1. The van der Waals surface area contributed by atoms with Crippen LogP contribution in [0.3, 0.4) is 0 Å². The Morgan fingerprint density at radius 2 is 2.00 bits per heavy atom. The minimum absolute atomic E-state index is 0.123. The van der Waals surface area contributed by atoms with E-state index in [4.69, 9.17) is 26.1 Å². The molecule has 10 nitrogen and oxygen atoms in total. The van der Waals surface area contributed by atoms with Crippen molar-refractivity contribution in [3.05, 3.63) is 63.2 Å². The molecule has 0 amide bonds. The number of aromatic nitrogens is 6. The first-order chi connectivity index (χ1) is 17.4. The zero-order valence-corrected chi connectivity index (χ0v) is 20.4. The average molecular weight is 512 g/mol. The zero-order valence-electron chi connectivity index (χ0n) is 19.7. The molecule has 36 heavy (non-hydrogen) atoms. The van der Waals surface area contributed by atoms with Gasteiger partial charge in [-0.05, 0) is 25.1 Å². The van der Waals surface area contributed by atoms with Gasteiger partial charge in [-0.3, -0.25) is 14.0 Å². The molecule has 6 rings (SSSR count). The van der Waals surface area contributed by atoms with Gasteiger partial charge in [0.1, 0.15) is 29.0 Å². The second kappa shape index (κ2) is 8.91. The largest absolute Gasteiger partial charge is 0.377 e. The summed E-state index contributed by atoms with van der Waals surface area (Å²) in [5.74, 6) is 0.225. The topological polar surface area (TPSA) is 100 Å². The molecule has 0 aliphatic carbocycles. The van der Waals surface area contributed by atoms with E-state index in [1.807, 2.05) is 15.8 Å². The fourth-order valence-corrected chi connectivity index (χ4v) is 4.54. The molecule has 186 valence electrons. The van der Waals surface area contributed by atoms with Crippen molar-refractivity contribution in [3.8, 4) is 11.3 Å². The second-order valence-electron chi connectivity index (χ2n) is 8.97. The molecule has 0 radical (unpaired) electrons. The van der Waals surface area contributed by atoms with Crippen LogP contribution in [0.4, 0.5) is 10.3 Å². The quantitative estimate of drug-likeness (QED) is 0.412. The maximum atomic E-state index is 15.0. The van der Waals surface area contributed by atoms with Crippen molar-refractivity contribution in [1.82, 2.24) is 29.3 Å². The number of ether oxygens (including phenoxy) is 2. The molecule has 4 aromatic rings. The molecule has 2 aliphatic heterocycles. The summed E-state index contributed by atoms with van der Waals surface area (Å²) >= 11 is 5.98. The lowest BCUT2D eigenvalue weighted by Crippen LogP contribution is -2.39. The third kappa shape index (κ3) is 3.93. The maximum Gasteiger partial charge on any atom is 0.279 e. The van der Waals surface area contributed by atoms with Gasteiger partial charge in [0.15, 0.2) is 5.52 Å². The summed E-state index contributed by atoms with van der Waals surface area (Å²) in [5.41, 5.74) is 1.41. The molecule has 12 heteroatoms. The van der Waals surface area contributed by atoms with Gasteiger partial charge in [-0.1, -0.05) is 11.6 Å². The van der Waals surface area contributed by atoms with Gasteiger partial charge < -0.3 is 14.4 Å². The van der Waals surface area contributed by atoms with E-state index in [1.165, 1.54) is 10.6 Å². The summed E-state index contributed by atoms with van der Waals surface area (Å²) in [6.45, 7) is 4.39. The average Bonchev–Trinajstić information content (AvgIpc) is 3.31. The monoisotopic (exact) mass is 511 g/mol. The van der Waals surface area contributed by atoms with E-state index in [0.29, 0.717) is 44.7 Å². The molecule has 2 fully saturated rings. The van der Waals surface area contributed by atoms with Crippen LogP contribution in [-0.2, 0) is 16.5 Å². The van der Waals surface area contributed by atoms with Crippen molar-refractivity contribution in [2.45, 2.75) is 19.1 Å². The summed E-state index contributed by atoms with van der Waals surface area (Å²) in [6, 6.07) is 4.58. The van der Waals surface area contributed by atoms with Crippen molar-refractivity contribution in [2.24, 2.45) is 7.05 Å². The predicted octanol–water partition coefficient (Wildman–Crippen LogP) is 2.84. The molecule has 2 aliphatic rings. The standard InChI is InChI=1S/C24H23ClFN7O3/c1-13-28-21-20(17-4-3-15(25)7-18(17)26)29-24(30-22(21)23(34)31(13)2)32-5-6-36-19(10-32)14-8-27-33(9-14)16-11-35-12-16/h3-4,7-9,16,19H,5-6,10-12H2,1-2H3. The fourth-order valence-electron chi connectivity index (χ4n) is 4.38. The van der Waals surface area contributed by atoms with E-state index in [0.717, 1.165) is 5.56 Å². The molecule has 0 spiro atoms. The molecule has 0 N–H and O–H groups in total. The van der Waals surface area contributed by atoms with Crippen LogP contribution in [0.1, 0.15) is 23.5 Å². The number of anilines is 1. The fraction of sp³-hybridized carbons (Fsp3) is 0.375. The molecule has 5 heterocycles. The van der Waals surface area contributed by atoms with Crippen LogP contribution in [0.25, 0.3) is 22.3 Å². The van der Waals surface area contributed by atoms with Crippen LogP contribution in [0.15, 0.2) is 35.4 Å². The number of hydrogen-bond acceptors (Lipinski definition) is 8. The van der Waals surface area contributed by atoms with Gasteiger partial charge in [0, 0.05) is 35.9 Å². The highest BCUT2D eigenvalue weighted by atomic mass is 35.5. The highest BCUT2D eigenvalue weighted by Gasteiger charge is 2.29. The van der Waals surface area contributed by atoms with Gasteiger partial charge in [0.2, 0.25) is 5.95 Å². The number of morpholine rings is 1. The number of rotatable bonds is 4. The summed E-state index contributed by atoms with van der Waals surface area (Å²) in [6.07, 6.45) is 3.51. The van der Waals surface area contributed by atoms with Crippen molar-refractivity contribution in [1.29, 1.82) is 0 Å². The summed E-state index contributed by atoms with van der Waals surface area (Å²) < 4.78 is 29.6. The van der Waals surface area contributed by atoms with Gasteiger partial charge in [0.05, 0.1) is 38.6 Å². The van der Waals surface area contributed by atoms with Crippen LogP contribution < -0.4 is 10.5 Å². The van der Waals surface area contributed by atoms with E-state index in [2.05, 4.69) is 15.1 Å². The van der Waals surface area contributed by atoms with E-state index in [1.54, 1.807) is 32.3 Å². The van der Waals surface area contributed by atoms with Gasteiger partial charge in [0.25, 0.3) is 5.56 Å². The Hall–Kier alpha value is -3.41. The Balaban J connectivity index is 1.43. The normalized spacial score (nSPS) is 18.6. The SMILES string of the molecule is Cc1nc2c(-c3ccc(Cl)cc3F)nc(N3CCOC(c4cnn(C5COC5)c4)C3)nc2c(=O)n1C. The number of nitrogens with zero attached hydrogens (tertiary/aromatic N) is 7. The second-order valence-corrected chi connectivity index (χ2v) is 9.40. The lowest BCUT2D eigenvalue weighted by Gasteiger charge is -2.33. The van der Waals surface area contributed by atoms with Gasteiger partial charge in [-0.25, -0.2) is 19.3 Å². The third-order valence-electron chi connectivity index (χ3n) is 6.66. The molecule has 0 bridgehead atoms. The smallest absolute Gasteiger partial charge is 0.279 e. The van der Waals surface area contributed by atoms with Gasteiger partial charge in [-0.15, -0.1) is 0 Å². The first kappa shape index (κ1) is 23.0. The molecule has 0 saturated carbocycles. The van der Waals surface area contributed by atoms with Crippen molar-refractivity contribution < 1.29 is 13.9 Å². The number of aryl methyl sites for hydroxylation is 1. The lowest BCUT2D eigenvalue weighted by atomic mass is 10.1. The van der Waals surface area contributed by atoms with Crippen molar-refractivity contribution in [3.63, 3.8) is 0 Å². The Bertz CT molecular complexity index is 1530. The van der Waals surface area contributed by atoms with E-state index in [9.17, 15) is 9.18 Å². The number of benzene rings is 1. The van der Waals surface area contributed by atoms with Crippen LogP contribution in [-0.4, -0.2) is 62.2 Å². The van der Waals surface area contributed by atoms with Crippen LogP contribution >= 0.6 is 11.6 Å².